The number of para-hydroxylation sites is 1. The molecule has 0 bridgehead atoms. The lowest BCUT2D eigenvalue weighted by Crippen LogP contribution is -2.25. The molecule has 6 heteroatoms. The van der Waals surface area contributed by atoms with E-state index in [1.807, 2.05) is 38.1 Å². The molecule has 3 aromatic rings. The molecule has 1 unspecified atom stereocenters. The van der Waals surface area contributed by atoms with Gasteiger partial charge in [0.05, 0.1) is 10.8 Å². The quantitative estimate of drug-likeness (QED) is 0.646. The van der Waals surface area contributed by atoms with Gasteiger partial charge in [0.1, 0.15) is 0 Å². The Balaban J connectivity index is 1.77. The van der Waals surface area contributed by atoms with Crippen LogP contribution < -0.4 is 5.32 Å². The number of hydrogen-bond acceptors (Lipinski definition) is 4. The first-order valence-electron chi connectivity index (χ1n) is 8.49. The number of amides is 1. The summed E-state index contributed by atoms with van der Waals surface area (Å²) >= 11 is 1.44. The predicted molar refractivity (Wildman–Crippen MR) is 103 cm³/mol. The number of fused-ring (bicyclic) bond motifs is 1. The van der Waals surface area contributed by atoms with Crippen molar-refractivity contribution < 1.29 is 4.79 Å². The molecule has 1 amide bonds. The lowest BCUT2D eigenvalue weighted by molar-refractivity contribution is -0.115. The Bertz CT molecular complexity index is 857. The van der Waals surface area contributed by atoms with Gasteiger partial charge < -0.3 is 10.3 Å². The molecule has 0 aliphatic carbocycles. The van der Waals surface area contributed by atoms with E-state index in [9.17, 15) is 4.79 Å². The summed E-state index contributed by atoms with van der Waals surface area (Å²) in [5, 5.41) is 3.62. The minimum absolute atomic E-state index is 0.00455. The molecule has 1 atom stereocenters. The minimum atomic E-state index is -0.218. The van der Waals surface area contributed by atoms with Gasteiger partial charge >= 0.3 is 0 Å². The van der Waals surface area contributed by atoms with Gasteiger partial charge in [0.2, 0.25) is 5.91 Å². The number of rotatable bonds is 6. The third-order valence-electron chi connectivity index (χ3n) is 4.14. The van der Waals surface area contributed by atoms with Crippen molar-refractivity contribution in [3.8, 4) is 0 Å². The minimum Gasteiger partial charge on any atom is -0.332 e. The molecule has 5 nitrogen and oxygen atoms in total. The van der Waals surface area contributed by atoms with E-state index < -0.39 is 0 Å². The first-order chi connectivity index (χ1) is 12.1. The summed E-state index contributed by atoms with van der Waals surface area (Å²) in [4.78, 5) is 24.7. The summed E-state index contributed by atoms with van der Waals surface area (Å²) in [5.74, 6) is 0.00455. The summed E-state index contributed by atoms with van der Waals surface area (Å²) in [6.45, 7) is 6.13. The second-order valence-electron chi connectivity index (χ2n) is 5.88. The zero-order valence-electron chi connectivity index (χ0n) is 14.7. The second-order valence-corrected chi connectivity index (χ2v) is 7.07. The predicted octanol–water partition coefficient (Wildman–Crippen LogP) is 4.34. The topological polar surface area (TPSA) is 70.7 Å². The number of benzene rings is 1. The maximum Gasteiger partial charge on any atom is 0.237 e. The van der Waals surface area contributed by atoms with E-state index in [1.165, 1.54) is 11.8 Å². The number of carbonyl (C=O) groups is 1. The number of H-pyrrole nitrogens is 1. The number of aromatic nitrogens is 3. The van der Waals surface area contributed by atoms with Gasteiger partial charge in [-0.2, -0.15) is 0 Å². The molecule has 130 valence electrons. The number of thioether (sulfide) groups is 1. The monoisotopic (exact) mass is 354 g/mol. The third-order valence-corrected chi connectivity index (χ3v) is 5.39. The fourth-order valence-corrected chi connectivity index (χ4v) is 3.65. The van der Waals surface area contributed by atoms with E-state index in [4.69, 9.17) is 0 Å². The number of carbonyl (C=O) groups excluding carboxylic acids is 1. The van der Waals surface area contributed by atoms with Gasteiger partial charge in [-0.3, -0.25) is 4.79 Å². The van der Waals surface area contributed by atoms with Gasteiger partial charge in [-0.1, -0.05) is 43.8 Å². The average Bonchev–Trinajstić information content (AvgIpc) is 3.03. The highest BCUT2D eigenvalue weighted by Crippen LogP contribution is 2.27. The smallest absolute Gasteiger partial charge is 0.237 e. The van der Waals surface area contributed by atoms with Crippen LogP contribution in [0, 0.1) is 6.92 Å². The van der Waals surface area contributed by atoms with Gasteiger partial charge in [0.15, 0.2) is 10.8 Å². The molecule has 0 radical (unpaired) electrons. The fraction of sp³-hybridized carbons (Fsp3) is 0.316. The normalized spacial score (nSPS) is 12.3. The molecule has 25 heavy (non-hydrogen) atoms. The highest BCUT2D eigenvalue weighted by Gasteiger charge is 2.21. The van der Waals surface area contributed by atoms with Crippen molar-refractivity contribution in [3.05, 3.63) is 47.7 Å². The highest BCUT2D eigenvalue weighted by atomic mass is 32.2. The average molecular weight is 354 g/mol. The molecule has 0 fully saturated rings. The van der Waals surface area contributed by atoms with E-state index in [2.05, 4.69) is 33.3 Å². The fourth-order valence-electron chi connectivity index (χ4n) is 2.74. The number of hydrogen-bond donors (Lipinski definition) is 2. The first-order valence-corrected chi connectivity index (χ1v) is 9.37. The van der Waals surface area contributed by atoms with Gasteiger partial charge in [-0.05, 0) is 43.0 Å². The van der Waals surface area contributed by atoms with Crippen LogP contribution in [0.15, 0.2) is 41.7 Å². The summed E-state index contributed by atoms with van der Waals surface area (Å²) < 4.78 is 0. The van der Waals surface area contributed by atoms with E-state index in [1.54, 1.807) is 6.20 Å². The number of nitrogens with zero attached hydrogens (tertiary/aromatic N) is 2. The van der Waals surface area contributed by atoms with Gasteiger partial charge in [-0.25, -0.2) is 9.97 Å². The van der Waals surface area contributed by atoms with Crippen molar-refractivity contribution >= 4 is 34.5 Å². The van der Waals surface area contributed by atoms with E-state index in [0.29, 0.717) is 12.1 Å². The maximum atomic E-state index is 12.8. The molecule has 1 aromatic carbocycles. The summed E-state index contributed by atoms with van der Waals surface area (Å²) in [6.07, 6.45) is 3.32. The Kier molecular flexibility index (Phi) is 5.38. The molecule has 2 N–H and O–H groups in total. The SMILES string of the molecule is CCc1cccc(C)c1NC(=O)C(CC)Sc1nc2ncccc2[nH]1. The third kappa shape index (κ3) is 3.85. The molecule has 2 aromatic heterocycles. The summed E-state index contributed by atoms with van der Waals surface area (Å²) in [6, 6.07) is 9.90. The Morgan fingerprint density at radius 1 is 1.28 bits per heavy atom. The van der Waals surface area contributed by atoms with Crippen LogP contribution in [0.3, 0.4) is 0 Å². The first kappa shape index (κ1) is 17.5. The number of aromatic amines is 1. The van der Waals surface area contributed by atoms with Crippen molar-refractivity contribution in [2.24, 2.45) is 0 Å². The zero-order valence-corrected chi connectivity index (χ0v) is 15.5. The molecular formula is C19H22N4OS. The van der Waals surface area contributed by atoms with Crippen LogP contribution in [0.25, 0.3) is 11.2 Å². The molecular weight excluding hydrogens is 332 g/mol. The molecule has 0 aliphatic heterocycles. The van der Waals surface area contributed by atoms with Crippen molar-refractivity contribution in [1.82, 2.24) is 15.0 Å². The van der Waals surface area contributed by atoms with Gasteiger partial charge in [-0.15, -0.1) is 0 Å². The Morgan fingerprint density at radius 3 is 2.84 bits per heavy atom. The Morgan fingerprint density at radius 2 is 2.12 bits per heavy atom. The Hall–Kier alpha value is -2.34. The number of anilines is 1. The van der Waals surface area contributed by atoms with Crippen LogP contribution in [-0.4, -0.2) is 26.1 Å². The van der Waals surface area contributed by atoms with Gasteiger partial charge in [0, 0.05) is 11.9 Å². The van der Waals surface area contributed by atoms with E-state index in [0.717, 1.165) is 33.9 Å². The summed E-state index contributed by atoms with van der Waals surface area (Å²) in [7, 11) is 0. The van der Waals surface area contributed by atoms with Crippen molar-refractivity contribution in [2.75, 3.05) is 5.32 Å². The molecule has 2 heterocycles. The molecule has 0 saturated heterocycles. The Labute approximate surface area is 151 Å². The summed E-state index contributed by atoms with van der Waals surface area (Å²) in [5.41, 5.74) is 4.72. The van der Waals surface area contributed by atoms with Crippen LogP contribution in [0.4, 0.5) is 5.69 Å². The van der Waals surface area contributed by atoms with Crippen LogP contribution in [0.5, 0.6) is 0 Å². The number of nitrogens with one attached hydrogen (secondary N) is 2. The lowest BCUT2D eigenvalue weighted by atomic mass is 10.1. The van der Waals surface area contributed by atoms with Crippen LogP contribution in [0.1, 0.15) is 31.4 Å². The molecule has 0 spiro atoms. The van der Waals surface area contributed by atoms with Crippen LogP contribution in [-0.2, 0) is 11.2 Å². The van der Waals surface area contributed by atoms with E-state index >= 15 is 0 Å². The van der Waals surface area contributed by atoms with Gasteiger partial charge in [0.25, 0.3) is 0 Å². The largest absolute Gasteiger partial charge is 0.332 e. The number of pyridine rings is 1. The highest BCUT2D eigenvalue weighted by molar-refractivity contribution is 8.00. The van der Waals surface area contributed by atoms with Crippen LogP contribution in [0.2, 0.25) is 0 Å². The number of aryl methyl sites for hydroxylation is 2. The van der Waals surface area contributed by atoms with Crippen molar-refractivity contribution in [1.29, 1.82) is 0 Å². The van der Waals surface area contributed by atoms with E-state index in [-0.39, 0.29) is 11.2 Å². The maximum absolute atomic E-state index is 12.8. The molecule has 0 aliphatic rings. The standard InChI is InChI=1S/C19H22N4OS/c1-4-13-9-6-8-12(3)16(13)22-18(24)15(5-2)25-19-21-14-10-7-11-20-17(14)23-19/h6-11,15H,4-5H2,1-3H3,(H,22,24)(H,20,21,23). The van der Waals surface area contributed by atoms with Crippen molar-refractivity contribution in [3.63, 3.8) is 0 Å². The van der Waals surface area contributed by atoms with Crippen LogP contribution >= 0.6 is 11.8 Å². The molecule has 3 rings (SSSR count). The lowest BCUT2D eigenvalue weighted by Gasteiger charge is -2.17. The number of imidazole rings is 1. The molecule has 0 saturated carbocycles. The zero-order chi connectivity index (χ0) is 17.8. The van der Waals surface area contributed by atoms with Crippen molar-refractivity contribution in [2.45, 2.75) is 44.0 Å². The second kappa shape index (κ2) is 7.70.